The summed E-state index contributed by atoms with van der Waals surface area (Å²) < 4.78 is 25.2. The first-order valence-corrected chi connectivity index (χ1v) is 6.36. The number of hydrogen-bond donors (Lipinski definition) is 1. The molecule has 4 nitrogen and oxygen atoms in total. The molecular formula is C11H17NO3S. The Bertz CT molecular complexity index is 472. The number of aliphatic hydroxyl groups is 1. The average Bonchev–Trinajstić information content (AvgIpc) is 2.16. The summed E-state index contributed by atoms with van der Waals surface area (Å²) in [4.78, 5) is 0.146. The van der Waals surface area contributed by atoms with Crippen LogP contribution in [-0.2, 0) is 15.6 Å². The van der Waals surface area contributed by atoms with E-state index >= 15 is 0 Å². The van der Waals surface area contributed by atoms with Crippen LogP contribution >= 0.6 is 0 Å². The highest BCUT2D eigenvalue weighted by atomic mass is 32.2. The molecule has 0 amide bonds. The third kappa shape index (κ3) is 2.42. The first kappa shape index (κ1) is 13.2. The van der Waals surface area contributed by atoms with Crippen molar-refractivity contribution < 1.29 is 13.5 Å². The lowest BCUT2D eigenvalue weighted by molar-refractivity contribution is 0.0754. The largest absolute Gasteiger partial charge is 0.386 e. The molecule has 0 aliphatic carbocycles. The summed E-state index contributed by atoms with van der Waals surface area (Å²) in [7, 11) is -0.580. The van der Waals surface area contributed by atoms with Crippen molar-refractivity contribution in [2.24, 2.45) is 0 Å². The maximum Gasteiger partial charge on any atom is 0.242 e. The Morgan fingerprint density at radius 3 is 2.12 bits per heavy atom. The Balaban J connectivity index is 3.48. The van der Waals surface area contributed by atoms with Gasteiger partial charge in [-0.1, -0.05) is 18.2 Å². The van der Waals surface area contributed by atoms with Crippen LogP contribution in [0.3, 0.4) is 0 Å². The number of hydrogen-bond acceptors (Lipinski definition) is 3. The van der Waals surface area contributed by atoms with Crippen molar-refractivity contribution in [3.8, 4) is 0 Å². The van der Waals surface area contributed by atoms with Crippen molar-refractivity contribution in [3.63, 3.8) is 0 Å². The van der Waals surface area contributed by atoms with Crippen LogP contribution < -0.4 is 0 Å². The van der Waals surface area contributed by atoms with E-state index in [1.165, 1.54) is 20.2 Å². The fraction of sp³-hybridized carbons (Fsp3) is 0.455. The molecule has 0 heterocycles. The molecule has 5 heteroatoms. The highest BCUT2D eigenvalue weighted by Crippen LogP contribution is 2.27. The molecular weight excluding hydrogens is 226 g/mol. The van der Waals surface area contributed by atoms with E-state index in [9.17, 15) is 13.5 Å². The van der Waals surface area contributed by atoms with E-state index < -0.39 is 15.6 Å². The highest BCUT2D eigenvalue weighted by Gasteiger charge is 2.27. The Hall–Kier alpha value is -0.910. The smallest absolute Gasteiger partial charge is 0.242 e. The van der Waals surface area contributed by atoms with Crippen LogP contribution in [0.5, 0.6) is 0 Å². The van der Waals surface area contributed by atoms with E-state index in [4.69, 9.17) is 0 Å². The predicted molar refractivity (Wildman–Crippen MR) is 62.6 cm³/mol. The Labute approximate surface area is 96.6 Å². The van der Waals surface area contributed by atoms with Crippen LogP contribution in [0.4, 0.5) is 0 Å². The molecule has 0 radical (unpaired) electrons. The van der Waals surface area contributed by atoms with Gasteiger partial charge in [0.1, 0.15) is 0 Å². The van der Waals surface area contributed by atoms with Crippen LogP contribution in [0.2, 0.25) is 0 Å². The van der Waals surface area contributed by atoms with Gasteiger partial charge in [0.25, 0.3) is 0 Å². The van der Waals surface area contributed by atoms with Gasteiger partial charge in [-0.25, -0.2) is 12.7 Å². The maximum absolute atomic E-state index is 12.0. The summed E-state index contributed by atoms with van der Waals surface area (Å²) in [6.07, 6.45) is 0. The maximum atomic E-state index is 12.0. The van der Waals surface area contributed by atoms with Crippen molar-refractivity contribution >= 4 is 10.0 Å². The summed E-state index contributed by atoms with van der Waals surface area (Å²) in [6, 6.07) is 6.48. The molecule has 0 unspecified atom stereocenters. The first-order chi connectivity index (χ1) is 7.17. The third-order valence-electron chi connectivity index (χ3n) is 2.30. The van der Waals surface area contributed by atoms with Gasteiger partial charge in [-0.3, -0.25) is 0 Å². The lowest BCUT2D eigenvalue weighted by atomic mass is 9.99. The predicted octanol–water partition coefficient (Wildman–Crippen LogP) is 1.16. The fourth-order valence-corrected chi connectivity index (χ4v) is 2.63. The monoisotopic (exact) mass is 243 g/mol. The third-order valence-corrected chi connectivity index (χ3v) is 4.18. The number of nitrogens with zero attached hydrogens (tertiary/aromatic N) is 1. The van der Waals surface area contributed by atoms with Crippen LogP contribution in [-0.4, -0.2) is 31.9 Å². The van der Waals surface area contributed by atoms with Crippen LogP contribution in [0.25, 0.3) is 0 Å². The molecule has 0 saturated heterocycles. The SMILES string of the molecule is CN(C)S(=O)(=O)c1ccccc1C(C)(C)O. The quantitative estimate of drug-likeness (QED) is 0.866. The second-order valence-electron chi connectivity index (χ2n) is 4.34. The van der Waals surface area contributed by atoms with Gasteiger partial charge in [0, 0.05) is 19.7 Å². The zero-order valence-corrected chi connectivity index (χ0v) is 10.7. The molecule has 0 saturated carbocycles. The first-order valence-electron chi connectivity index (χ1n) is 4.92. The van der Waals surface area contributed by atoms with Crippen molar-refractivity contribution in [3.05, 3.63) is 29.8 Å². The van der Waals surface area contributed by atoms with E-state index in [-0.39, 0.29) is 4.90 Å². The summed E-state index contributed by atoms with van der Waals surface area (Å²) in [5, 5.41) is 9.93. The Kier molecular flexibility index (Phi) is 3.42. The second-order valence-corrected chi connectivity index (χ2v) is 6.46. The number of rotatable bonds is 3. The number of benzene rings is 1. The minimum absolute atomic E-state index is 0.146. The van der Waals surface area contributed by atoms with E-state index in [0.29, 0.717) is 5.56 Å². The molecule has 0 aromatic heterocycles. The van der Waals surface area contributed by atoms with E-state index in [2.05, 4.69) is 0 Å². The molecule has 90 valence electrons. The summed E-state index contributed by atoms with van der Waals surface area (Å²) in [6.45, 7) is 3.13. The van der Waals surface area contributed by atoms with Crippen molar-refractivity contribution in [2.75, 3.05) is 14.1 Å². The molecule has 0 aliphatic heterocycles. The molecule has 0 atom stereocenters. The lowest BCUT2D eigenvalue weighted by Gasteiger charge is -2.23. The van der Waals surface area contributed by atoms with E-state index in [1.807, 2.05) is 0 Å². The van der Waals surface area contributed by atoms with Gasteiger partial charge in [0.2, 0.25) is 10.0 Å². The van der Waals surface area contributed by atoms with Gasteiger partial charge in [-0.2, -0.15) is 0 Å². The lowest BCUT2D eigenvalue weighted by Crippen LogP contribution is -2.27. The van der Waals surface area contributed by atoms with Crippen molar-refractivity contribution in [1.82, 2.24) is 4.31 Å². The zero-order chi connectivity index (χ0) is 12.6. The Morgan fingerprint density at radius 1 is 1.19 bits per heavy atom. The normalized spacial score (nSPS) is 13.1. The summed E-state index contributed by atoms with van der Waals surface area (Å²) in [5.41, 5.74) is -0.775. The zero-order valence-electron chi connectivity index (χ0n) is 9.93. The Morgan fingerprint density at radius 2 is 1.69 bits per heavy atom. The van der Waals surface area contributed by atoms with Gasteiger partial charge >= 0.3 is 0 Å². The van der Waals surface area contributed by atoms with Crippen LogP contribution in [0, 0.1) is 0 Å². The molecule has 1 aromatic rings. The van der Waals surface area contributed by atoms with Crippen LogP contribution in [0.1, 0.15) is 19.4 Å². The highest BCUT2D eigenvalue weighted by molar-refractivity contribution is 7.89. The van der Waals surface area contributed by atoms with Gasteiger partial charge < -0.3 is 5.11 Å². The standard InChI is InChI=1S/C11H17NO3S/c1-11(2,13)9-7-5-6-8-10(9)16(14,15)12(3)4/h5-8,13H,1-4H3. The molecule has 0 spiro atoms. The number of sulfonamides is 1. The van der Waals surface area contributed by atoms with E-state index in [1.54, 1.807) is 32.0 Å². The molecule has 1 aromatic carbocycles. The topological polar surface area (TPSA) is 57.6 Å². The van der Waals surface area contributed by atoms with E-state index in [0.717, 1.165) is 4.31 Å². The second kappa shape index (κ2) is 4.16. The minimum atomic E-state index is -3.52. The fourth-order valence-electron chi connectivity index (χ4n) is 1.39. The molecule has 0 fully saturated rings. The summed E-state index contributed by atoms with van der Waals surface area (Å²) in [5.74, 6) is 0. The van der Waals surface area contributed by atoms with Crippen molar-refractivity contribution in [2.45, 2.75) is 24.3 Å². The molecule has 1 rings (SSSR count). The molecule has 16 heavy (non-hydrogen) atoms. The van der Waals surface area contributed by atoms with Crippen molar-refractivity contribution in [1.29, 1.82) is 0 Å². The average molecular weight is 243 g/mol. The molecule has 1 N–H and O–H groups in total. The molecule has 0 aliphatic rings. The minimum Gasteiger partial charge on any atom is -0.386 e. The van der Waals surface area contributed by atoms with Crippen LogP contribution in [0.15, 0.2) is 29.2 Å². The van der Waals surface area contributed by atoms with Gasteiger partial charge in [-0.15, -0.1) is 0 Å². The molecule has 0 bridgehead atoms. The summed E-state index contributed by atoms with van der Waals surface area (Å²) >= 11 is 0. The van der Waals surface area contributed by atoms with Gasteiger partial charge in [0.05, 0.1) is 10.5 Å². The van der Waals surface area contributed by atoms with Gasteiger partial charge in [0.15, 0.2) is 0 Å². The van der Waals surface area contributed by atoms with Gasteiger partial charge in [-0.05, 0) is 19.9 Å².